The van der Waals surface area contributed by atoms with E-state index in [1.165, 1.54) is 0 Å². The van der Waals surface area contributed by atoms with Crippen molar-refractivity contribution in [1.29, 1.82) is 0 Å². The summed E-state index contributed by atoms with van der Waals surface area (Å²) in [7, 11) is 1.55. The van der Waals surface area contributed by atoms with Gasteiger partial charge in [-0.25, -0.2) is 0 Å². The highest BCUT2D eigenvalue weighted by Crippen LogP contribution is 2.44. The number of fused-ring (bicyclic) bond motifs is 1. The molecule has 1 aliphatic heterocycles. The van der Waals surface area contributed by atoms with Gasteiger partial charge in [0, 0.05) is 12.1 Å². The molecule has 4 N–H and O–H groups in total. The predicted molar refractivity (Wildman–Crippen MR) is 111 cm³/mol. The molecule has 5 heteroatoms. The molecule has 28 heavy (non-hydrogen) atoms. The van der Waals surface area contributed by atoms with Gasteiger partial charge in [-0.3, -0.25) is 0 Å². The summed E-state index contributed by atoms with van der Waals surface area (Å²) in [5, 5.41) is 20.8. The van der Waals surface area contributed by atoms with E-state index in [2.05, 4.69) is 6.92 Å². The molecule has 1 aliphatic rings. The number of ether oxygens (including phenoxy) is 2. The Morgan fingerprint density at radius 2 is 1.82 bits per heavy atom. The lowest BCUT2D eigenvalue weighted by Crippen LogP contribution is -2.37. The highest BCUT2D eigenvalue weighted by Gasteiger charge is 2.34. The first kappa shape index (κ1) is 20.3. The second-order valence-electron chi connectivity index (χ2n) is 8.09. The third-order valence-electron chi connectivity index (χ3n) is 6.19. The van der Waals surface area contributed by atoms with Crippen LogP contribution in [0.15, 0.2) is 12.1 Å². The van der Waals surface area contributed by atoms with Crippen LogP contribution in [-0.2, 0) is 19.4 Å². The number of hydrogen-bond donors (Lipinski definition) is 3. The number of phenolic OH excluding ortho intramolecular Hbond substituents is 2. The summed E-state index contributed by atoms with van der Waals surface area (Å²) in [5.74, 6) is 1.90. The maximum Gasteiger partial charge on any atom is 0.161 e. The minimum atomic E-state index is -0.341. The van der Waals surface area contributed by atoms with Gasteiger partial charge in [0.2, 0.25) is 0 Å². The summed E-state index contributed by atoms with van der Waals surface area (Å²) < 4.78 is 11.8. The smallest absolute Gasteiger partial charge is 0.161 e. The van der Waals surface area contributed by atoms with E-state index >= 15 is 0 Å². The lowest BCUT2D eigenvalue weighted by Gasteiger charge is -2.38. The van der Waals surface area contributed by atoms with Crippen LogP contribution in [0, 0.1) is 20.8 Å². The van der Waals surface area contributed by atoms with Crippen molar-refractivity contribution in [2.75, 3.05) is 7.11 Å². The summed E-state index contributed by atoms with van der Waals surface area (Å²) in [5.41, 5.74) is 11.1. The molecule has 0 fully saturated rings. The van der Waals surface area contributed by atoms with E-state index in [1.54, 1.807) is 13.2 Å². The third kappa shape index (κ3) is 3.51. The normalized spacial score (nSPS) is 18.5. The number of nitrogens with two attached hydrogens (primary N) is 1. The molecule has 0 bridgehead atoms. The van der Waals surface area contributed by atoms with Gasteiger partial charge in [-0.05, 0) is 87.3 Å². The second kappa shape index (κ2) is 7.55. The van der Waals surface area contributed by atoms with Crippen molar-refractivity contribution in [2.24, 2.45) is 5.73 Å². The fourth-order valence-corrected chi connectivity index (χ4v) is 4.06. The monoisotopic (exact) mass is 385 g/mol. The van der Waals surface area contributed by atoms with Crippen LogP contribution in [0.5, 0.6) is 23.0 Å². The molecule has 2 aromatic rings. The number of aromatic hydroxyl groups is 2. The van der Waals surface area contributed by atoms with Crippen LogP contribution in [0.4, 0.5) is 0 Å². The van der Waals surface area contributed by atoms with Gasteiger partial charge in [-0.2, -0.15) is 0 Å². The van der Waals surface area contributed by atoms with Crippen LogP contribution < -0.4 is 15.2 Å². The first-order valence-electron chi connectivity index (χ1n) is 9.80. The Morgan fingerprint density at radius 3 is 2.46 bits per heavy atom. The molecular formula is C23H31NO4. The Balaban J connectivity index is 1.86. The van der Waals surface area contributed by atoms with E-state index in [0.29, 0.717) is 24.5 Å². The van der Waals surface area contributed by atoms with Gasteiger partial charge >= 0.3 is 0 Å². The van der Waals surface area contributed by atoms with Crippen LogP contribution in [0.25, 0.3) is 0 Å². The van der Waals surface area contributed by atoms with Crippen molar-refractivity contribution < 1.29 is 19.7 Å². The first-order valence-corrected chi connectivity index (χ1v) is 9.80. The Hall–Kier alpha value is -2.40. The fraction of sp³-hybridized carbons (Fsp3) is 0.478. The van der Waals surface area contributed by atoms with E-state index in [0.717, 1.165) is 58.4 Å². The van der Waals surface area contributed by atoms with E-state index < -0.39 is 0 Å². The molecule has 0 aliphatic carbocycles. The fourth-order valence-electron chi connectivity index (χ4n) is 4.06. The Bertz CT molecular complexity index is 906. The molecule has 1 heterocycles. The summed E-state index contributed by atoms with van der Waals surface area (Å²) in [6.45, 7) is 8.39. The minimum Gasteiger partial charge on any atom is -0.507 e. The topological polar surface area (TPSA) is 84.9 Å². The van der Waals surface area contributed by atoms with E-state index in [4.69, 9.17) is 15.2 Å². The maximum absolute atomic E-state index is 10.5. The number of methoxy groups -OCH3 is 1. The largest absolute Gasteiger partial charge is 0.507 e. The molecule has 0 spiro atoms. The molecule has 2 aromatic carbocycles. The van der Waals surface area contributed by atoms with Crippen LogP contribution in [0.3, 0.4) is 0 Å². The quantitative estimate of drug-likeness (QED) is 0.718. The average molecular weight is 386 g/mol. The highest BCUT2D eigenvalue weighted by molar-refractivity contribution is 5.58. The van der Waals surface area contributed by atoms with Crippen molar-refractivity contribution in [3.05, 3.63) is 45.5 Å². The van der Waals surface area contributed by atoms with Gasteiger partial charge < -0.3 is 25.4 Å². The molecule has 1 atom stereocenters. The number of hydrogen-bond acceptors (Lipinski definition) is 5. The Labute approximate surface area is 167 Å². The molecule has 0 amide bonds. The summed E-state index contributed by atoms with van der Waals surface area (Å²) >= 11 is 0. The predicted octanol–water partition coefficient (Wildman–Crippen LogP) is 4.21. The molecule has 0 saturated carbocycles. The first-order chi connectivity index (χ1) is 13.2. The lowest BCUT2D eigenvalue weighted by atomic mass is 9.84. The van der Waals surface area contributed by atoms with Crippen LogP contribution >= 0.6 is 0 Å². The summed E-state index contributed by atoms with van der Waals surface area (Å²) in [4.78, 5) is 0. The SMILES string of the molecule is COc1cc(CN)cc(CCC2(C)CCc3c(C)c(O)c(C)c(C)c3O2)c1O. The van der Waals surface area contributed by atoms with E-state index in [9.17, 15) is 10.2 Å². The van der Waals surface area contributed by atoms with Crippen molar-refractivity contribution >= 4 is 0 Å². The molecule has 152 valence electrons. The highest BCUT2D eigenvalue weighted by atomic mass is 16.5. The van der Waals surface area contributed by atoms with Crippen molar-refractivity contribution in [3.8, 4) is 23.0 Å². The maximum atomic E-state index is 10.5. The van der Waals surface area contributed by atoms with Crippen molar-refractivity contribution in [1.82, 2.24) is 0 Å². The zero-order chi connectivity index (χ0) is 20.6. The number of phenols is 2. The molecule has 1 unspecified atom stereocenters. The van der Waals surface area contributed by atoms with Gasteiger partial charge in [0.25, 0.3) is 0 Å². The minimum absolute atomic E-state index is 0.173. The second-order valence-corrected chi connectivity index (χ2v) is 8.09. The third-order valence-corrected chi connectivity index (χ3v) is 6.19. The molecule has 0 radical (unpaired) electrons. The van der Waals surface area contributed by atoms with E-state index in [1.807, 2.05) is 26.8 Å². The van der Waals surface area contributed by atoms with Crippen LogP contribution in [-0.4, -0.2) is 22.9 Å². The van der Waals surface area contributed by atoms with Gasteiger partial charge in [0.15, 0.2) is 11.5 Å². The molecule has 0 saturated heterocycles. The molecule has 3 rings (SSSR count). The Morgan fingerprint density at radius 1 is 1.11 bits per heavy atom. The number of aryl methyl sites for hydroxylation is 1. The van der Waals surface area contributed by atoms with Gasteiger partial charge in [-0.1, -0.05) is 6.07 Å². The Kier molecular flexibility index (Phi) is 5.48. The van der Waals surface area contributed by atoms with Crippen LogP contribution in [0.2, 0.25) is 0 Å². The zero-order valence-corrected chi connectivity index (χ0v) is 17.5. The number of benzene rings is 2. The van der Waals surface area contributed by atoms with Gasteiger partial charge in [0.05, 0.1) is 7.11 Å². The summed E-state index contributed by atoms with van der Waals surface area (Å²) in [6.07, 6.45) is 3.15. The average Bonchev–Trinajstić information content (AvgIpc) is 2.69. The standard InChI is InChI=1S/C23H31NO4/c1-13-14(2)22-18(15(3)20(13)25)7-9-23(4,28-22)8-6-17-10-16(12-24)11-19(27-5)21(17)26/h10-11,25-26H,6-9,12,24H2,1-5H3. The molecule has 5 nitrogen and oxygen atoms in total. The van der Waals surface area contributed by atoms with Gasteiger partial charge in [-0.15, -0.1) is 0 Å². The molecule has 0 aromatic heterocycles. The van der Waals surface area contributed by atoms with Crippen molar-refractivity contribution in [3.63, 3.8) is 0 Å². The zero-order valence-electron chi connectivity index (χ0n) is 17.5. The van der Waals surface area contributed by atoms with E-state index in [-0.39, 0.29) is 11.4 Å². The molecular weight excluding hydrogens is 354 g/mol. The van der Waals surface area contributed by atoms with Crippen LogP contribution in [0.1, 0.15) is 53.1 Å². The summed E-state index contributed by atoms with van der Waals surface area (Å²) in [6, 6.07) is 3.71. The van der Waals surface area contributed by atoms with Gasteiger partial charge in [0.1, 0.15) is 17.1 Å². The lowest BCUT2D eigenvalue weighted by molar-refractivity contribution is 0.0550. The van der Waals surface area contributed by atoms with Crippen molar-refractivity contribution in [2.45, 2.75) is 65.5 Å². The number of rotatable bonds is 5.